The van der Waals surface area contributed by atoms with Crippen LogP contribution in [-0.2, 0) is 0 Å². The summed E-state index contributed by atoms with van der Waals surface area (Å²) in [5.41, 5.74) is 5.94. The highest BCUT2D eigenvalue weighted by atomic mass is 32.1. The zero-order valence-corrected chi connectivity index (χ0v) is 10.9. The van der Waals surface area contributed by atoms with Gasteiger partial charge in [-0.2, -0.15) is 0 Å². The van der Waals surface area contributed by atoms with Crippen LogP contribution < -0.4 is 5.73 Å². The zero-order valence-electron chi connectivity index (χ0n) is 10.1. The lowest BCUT2D eigenvalue weighted by atomic mass is 9.85. The van der Waals surface area contributed by atoms with Crippen LogP contribution in [0.4, 0.5) is 0 Å². The molecule has 90 valence electrons. The normalized spacial score (nSPS) is 18.7. The number of nitrogens with two attached hydrogens (primary N) is 1. The smallest absolute Gasteiger partial charge is 0.0564 e. The van der Waals surface area contributed by atoms with Crippen molar-refractivity contribution < 1.29 is 0 Å². The number of thiophene rings is 1. The van der Waals surface area contributed by atoms with E-state index < -0.39 is 0 Å². The molecule has 2 rings (SSSR count). The lowest BCUT2D eigenvalue weighted by molar-refractivity contribution is 0.143. The zero-order chi connectivity index (χ0) is 11.4. The van der Waals surface area contributed by atoms with Crippen LogP contribution in [-0.4, -0.2) is 24.5 Å². The molecule has 2 N–H and O–H groups in total. The first-order valence-corrected chi connectivity index (χ1v) is 7.20. The summed E-state index contributed by atoms with van der Waals surface area (Å²) in [4.78, 5) is 3.97. The van der Waals surface area contributed by atoms with Crippen molar-refractivity contribution in [2.24, 2.45) is 11.7 Å². The molecular weight excluding hydrogens is 216 g/mol. The Kier molecular flexibility index (Phi) is 4.38. The highest BCUT2D eigenvalue weighted by Gasteiger charge is 2.25. The van der Waals surface area contributed by atoms with Crippen molar-refractivity contribution in [3.8, 4) is 0 Å². The fourth-order valence-electron chi connectivity index (χ4n) is 2.41. The molecule has 0 aliphatic heterocycles. The average molecular weight is 238 g/mol. The van der Waals surface area contributed by atoms with Crippen LogP contribution >= 0.6 is 11.3 Å². The molecule has 1 unspecified atom stereocenters. The maximum atomic E-state index is 5.94. The molecule has 1 aromatic rings. The van der Waals surface area contributed by atoms with Crippen LogP contribution in [0.15, 0.2) is 17.5 Å². The first kappa shape index (κ1) is 12.1. The van der Waals surface area contributed by atoms with Gasteiger partial charge < -0.3 is 5.73 Å². The minimum atomic E-state index is 0.436. The van der Waals surface area contributed by atoms with Gasteiger partial charge in [-0.25, -0.2) is 0 Å². The molecule has 0 saturated heterocycles. The quantitative estimate of drug-likeness (QED) is 0.825. The van der Waals surface area contributed by atoms with Gasteiger partial charge in [0.05, 0.1) is 6.04 Å². The average Bonchev–Trinajstić information content (AvgIpc) is 2.74. The monoisotopic (exact) mass is 238 g/mol. The summed E-state index contributed by atoms with van der Waals surface area (Å²) in [5.74, 6) is 0.925. The lowest BCUT2D eigenvalue weighted by Gasteiger charge is -2.36. The second kappa shape index (κ2) is 5.80. The first-order chi connectivity index (χ1) is 7.85. The SMILES string of the molecule is CCN(CC1CCC1)C(CN)c1cccs1. The molecule has 1 atom stereocenters. The highest BCUT2D eigenvalue weighted by molar-refractivity contribution is 7.10. The molecule has 16 heavy (non-hydrogen) atoms. The van der Waals surface area contributed by atoms with Crippen LogP contribution in [0, 0.1) is 5.92 Å². The van der Waals surface area contributed by atoms with Gasteiger partial charge in [-0.05, 0) is 36.8 Å². The third kappa shape index (κ3) is 2.65. The molecule has 2 nitrogen and oxygen atoms in total. The lowest BCUT2D eigenvalue weighted by Crippen LogP contribution is -2.38. The van der Waals surface area contributed by atoms with Gasteiger partial charge in [-0.15, -0.1) is 11.3 Å². The minimum Gasteiger partial charge on any atom is -0.329 e. The Morgan fingerprint density at radius 3 is 2.81 bits per heavy atom. The van der Waals surface area contributed by atoms with E-state index in [1.807, 2.05) is 11.3 Å². The fourth-order valence-corrected chi connectivity index (χ4v) is 3.28. The molecule has 1 aromatic heterocycles. The van der Waals surface area contributed by atoms with E-state index in [0.717, 1.165) is 19.0 Å². The van der Waals surface area contributed by atoms with E-state index >= 15 is 0 Å². The Labute approximate surface area is 102 Å². The molecular formula is C13H22N2S. The maximum absolute atomic E-state index is 5.94. The molecule has 1 aliphatic carbocycles. The minimum absolute atomic E-state index is 0.436. The molecule has 1 aliphatic rings. The van der Waals surface area contributed by atoms with Gasteiger partial charge in [0.25, 0.3) is 0 Å². The van der Waals surface area contributed by atoms with Gasteiger partial charge in [0.2, 0.25) is 0 Å². The summed E-state index contributed by atoms with van der Waals surface area (Å²) in [6.45, 7) is 5.32. The van der Waals surface area contributed by atoms with Crippen LogP contribution in [0.1, 0.15) is 37.1 Å². The molecule has 0 aromatic carbocycles. The van der Waals surface area contributed by atoms with E-state index in [0.29, 0.717) is 6.04 Å². The summed E-state index contributed by atoms with van der Waals surface area (Å²) < 4.78 is 0. The number of rotatable bonds is 6. The Morgan fingerprint density at radius 1 is 1.56 bits per heavy atom. The maximum Gasteiger partial charge on any atom is 0.0564 e. The standard InChI is InChI=1S/C13H22N2S/c1-2-15(10-11-5-3-6-11)12(9-14)13-7-4-8-16-13/h4,7-8,11-12H,2-3,5-6,9-10,14H2,1H3. The van der Waals surface area contributed by atoms with Crippen molar-refractivity contribution in [2.75, 3.05) is 19.6 Å². The second-order valence-corrected chi connectivity index (χ2v) is 5.63. The molecule has 0 amide bonds. The largest absolute Gasteiger partial charge is 0.329 e. The van der Waals surface area contributed by atoms with Gasteiger partial charge in [-0.1, -0.05) is 19.4 Å². The van der Waals surface area contributed by atoms with Gasteiger partial charge in [0.1, 0.15) is 0 Å². The number of hydrogen-bond donors (Lipinski definition) is 1. The van der Waals surface area contributed by atoms with Crippen LogP contribution in [0.5, 0.6) is 0 Å². The van der Waals surface area contributed by atoms with Crippen molar-refractivity contribution in [3.05, 3.63) is 22.4 Å². The predicted octanol–water partition coefficient (Wildman–Crippen LogP) is 2.87. The van der Waals surface area contributed by atoms with E-state index in [2.05, 4.69) is 29.3 Å². The van der Waals surface area contributed by atoms with Crippen molar-refractivity contribution in [1.29, 1.82) is 0 Å². The first-order valence-electron chi connectivity index (χ1n) is 6.32. The van der Waals surface area contributed by atoms with Gasteiger partial charge in [0.15, 0.2) is 0 Å². The second-order valence-electron chi connectivity index (χ2n) is 4.65. The van der Waals surface area contributed by atoms with Crippen molar-refractivity contribution in [3.63, 3.8) is 0 Å². The molecule has 0 radical (unpaired) electrons. The van der Waals surface area contributed by atoms with Gasteiger partial charge in [-0.3, -0.25) is 4.90 Å². The molecule has 1 heterocycles. The molecule has 0 bridgehead atoms. The Morgan fingerprint density at radius 2 is 2.38 bits per heavy atom. The molecule has 1 fully saturated rings. The summed E-state index contributed by atoms with van der Waals surface area (Å²) >= 11 is 1.83. The van der Waals surface area contributed by atoms with Gasteiger partial charge >= 0.3 is 0 Å². The van der Waals surface area contributed by atoms with Gasteiger partial charge in [0, 0.05) is 18.0 Å². The predicted molar refractivity (Wildman–Crippen MR) is 70.7 cm³/mol. The number of likely N-dealkylation sites (N-methyl/N-ethyl adjacent to an activating group) is 1. The Balaban J connectivity index is 1.99. The highest BCUT2D eigenvalue weighted by Crippen LogP contribution is 2.31. The number of hydrogen-bond acceptors (Lipinski definition) is 3. The van der Waals surface area contributed by atoms with E-state index in [1.54, 1.807) is 0 Å². The van der Waals surface area contributed by atoms with Crippen molar-refractivity contribution in [1.82, 2.24) is 4.90 Å². The summed E-state index contributed by atoms with van der Waals surface area (Å²) in [6.07, 6.45) is 4.25. The third-order valence-corrected chi connectivity index (χ3v) is 4.63. The van der Waals surface area contributed by atoms with E-state index in [9.17, 15) is 0 Å². The Bertz CT molecular complexity index is 293. The fraction of sp³-hybridized carbons (Fsp3) is 0.692. The number of nitrogens with zero attached hydrogens (tertiary/aromatic N) is 1. The molecule has 1 saturated carbocycles. The summed E-state index contributed by atoms with van der Waals surface area (Å²) in [6, 6.07) is 4.77. The van der Waals surface area contributed by atoms with E-state index in [4.69, 9.17) is 5.73 Å². The summed E-state index contributed by atoms with van der Waals surface area (Å²) in [7, 11) is 0. The molecule has 3 heteroatoms. The molecule has 0 spiro atoms. The Hall–Kier alpha value is -0.380. The summed E-state index contributed by atoms with van der Waals surface area (Å²) in [5, 5.41) is 2.15. The van der Waals surface area contributed by atoms with Crippen molar-refractivity contribution >= 4 is 11.3 Å². The van der Waals surface area contributed by atoms with Crippen molar-refractivity contribution in [2.45, 2.75) is 32.2 Å². The third-order valence-electron chi connectivity index (χ3n) is 3.66. The van der Waals surface area contributed by atoms with Crippen LogP contribution in [0.3, 0.4) is 0 Å². The van der Waals surface area contributed by atoms with Crippen LogP contribution in [0.25, 0.3) is 0 Å². The van der Waals surface area contributed by atoms with E-state index in [1.165, 1.54) is 30.7 Å². The van der Waals surface area contributed by atoms with E-state index in [-0.39, 0.29) is 0 Å². The topological polar surface area (TPSA) is 29.3 Å². The van der Waals surface area contributed by atoms with Crippen LogP contribution in [0.2, 0.25) is 0 Å².